The SMILES string of the molecule is O=C(NCCCOC1CCCCC1)C1CCN(Cc2nc(-c3ccccc3Cl)no2)CC1. The summed E-state index contributed by atoms with van der Waals surface area (Å²) >= 11 is 6.22. The van der Waals surface area contributed by atoms with E-state index in [1.54, 1.807) is 0 Å². The molecule has 1 saturated carbocycles. The molecule has 1 amide bonds. The van der Waals surface area contributed by atoms with Crippen LogP contribution < -0.4 is 5.32 Å². The van der Waals surface area contributed by atoms with Gasteiger partial charge in [0, 0.05) is 24.6 Å². The molecule has 174 valence electrons. The number of hydrogen-bond acceptors (Lipinski definition) is 6. The van der Waals surface area contributed by atoms with Crippen molar-refractivity contribution in [2.24, 2.45) is 5.92 Å². The van der Waals surface area contributed by atoms with Gasteiger partial charge >= 0.3 is 0 Å². The maximum atomic E-state index is 12.5. The van der Waals surface area contributed by atoms with Crippen molar-refractivity contribution in [3.8, 4) is 11.4 Å². The highest BCUT2D eigenvalue weighted by atomic mass is 35.5. The van der Waals surface area contributed by atoms with E-state index >= 15 is 0 Å². The number of likely N-dealkylation sites (tertiary alicyclic amines) is 1. The van der Waals surface area contributed by atoms with Crippen molar-refractivity contribution in [1.82, 2.24) is 20.4 Å². The van der Waals surface area contributed by atoms with Gasteiger partial charge in [-0.15, -0.1) is 0 Å². The lowest BCUT2D eigenvalue weighted by atomic mass is 9.96. The van der Waals surface area contributed by atoms with E-state index in [9.17, 15) is 4.79 Å². The summed E-state index contributed by atoms with van der Waals surface area (Å²) in [4.78, 5) is 19.2. The van der Waals surface area contributed by atoms with Crippen molar-refractivity contribution in [3.63, 3.8) is 0 Å². The predicted octanol–water partition coefficient (Wildman–Crippen LogP) is 4.46. The molecule has 2 fully saturated rings. The number of amides is 1. The lowest BCUT2D eigenvalue weighted by Gasteiger charge is -2.30. The first-order valence-corrected chi connectivity index (χ1v) is 12.3. The average molecular weight is 461 g/mol. The van der Waals surface area contributed by atoms with Gasteiger partial charge in [-0.25, -0.2) is 0 Å². The quantitative estimate of drug-likeness (QED) is 0.556. The minimum absolute atomic E-state index is 0.0758. The summed E-state index contributed by atoms with van der Waals surface area (Å²) in [6, 6.07) is 7.46. The molecule has 0 radical (unpaired) electrons. The monoisotopic (exact) mass is 460 g/mol. The van der Waals surface area contributed by atoms with E-state index in [-0.39, 0.29) is 11.8 Å². The number of rotatable bonds is 9. The lowest BCUT2D eigenvalue weighted by molar-refractivity contribution is -0.126. The highest BCUT2D eigenvalue weighted by Crippen LogP contribution is 2.26. The van der Waals surface area contributed by atoms with Gasteiger partial charge in [0.15, 0.2) is 0 Å². The van der Waals surface area contributed by atoms with E-state index < -0.39 is 0 Å². The molecule has 0 atom stereocenters. The Kier molecular flexibility index (Phi) is 8.54. The summed E-state index contributed by atoms with van der Waals surface area (Å²) in [6.45, 7) is 3.70. The molecule has 1 aromatic carbocycles. The fourth-order valence-electron chi connectivity index (χ4n) is 4.53. The zero-order valence-corrected chi connectivity index (χ0v) is 19.4. The third-order valence-electron chi connectivity index (χ3n) is 6.43. The number of nitrogens with zero attached hydrogens (tertiary/aromatic N) is 3. The number of benzene rings is 1. The van der Waals surface area contributed by atoms with Gasteiger partial charge in [-0.2, -0.15) is 4.98 Å². The van der Waals surface area contributed by atoms with Gasteiger partial charge in [-0.3, -0.25) is 9.69 Å². The topological polar surface area (TPSA) is 80.5 Å². The molecule has 1 aliphatic heterocycles. The maximum Gasteiger partial charge on any atom is 0.241 e. The van der Waals surface area contributed by atoms with E-state index in [1.807, 2.05) is 24.3 Å². The van der Waals surface area contributed by atoms with Crippen LogP contribution in [-0.4, -0.2) is 53.3 Å². The summed E-state index contributed by atoms with van der Waals surface area (Å²) in [5.41, 5.74) is 0.767. The van der Waals surface area contributed by atoms with Crippen molar-refractivity contribution >= 4 is 17.5 Å². The Hall–Kier alpha value is -1.96. The lowest BCUT2D eigenvalue weighted by Crippen LogP contribution is -2.40. The van der Waals surface area contributed by atoms with Crippen LogP contribution in [0.15, 0.2) is 28.8 Å². The first-order chi connectivity index (χ1) is 15.7. The zero-order chi connectivity index (χ0) is 22.2. The van der Waals surface area contributed by atoms with Gasteiger partial charge in [0.1, 0.15) is 0 Å². The van der Waals surface area contributed by atoms with Gasteiger partial charge in [-0.1, -0.05) is 48.2 Å². The van der Waals surface area contributed by atoms with Crippen molar-refractivity contribution < 1.29 is 14.1 Å². The van der Waals surface area contributed by atoms with Gasteiger partial charge in [0.2, 0.25) is 17.6 Å². The molecule has 4 rings (SSSR count). The smallest absolute Gasteiger partial charge is 0.241 e. The van der Waals surface area contributed by atoms with Crippen LogP contribution in [0.3, 0.4) is 0 Å². The Morgan fingerprint density at radius 1 is 1.16 bits per heavy atom. The average Bonchev–Trinajstić information content (AvgIpc) is 3.28. The number of halogens is 1. The number of ether oxygens (including phenoxy) is 1. The fourth-order valence-corrected chi connectivity index (χ4v) is 4.75. The molecule has 8 heteroatoms. The van der Waals surface area contributed by atoms with Gasteiger partial charge in [0.25, 0.3) is 0 Å². The second kappa shape index (κ2) is 11.8. The van der Waals surface area contributed by atoms with Crippen LogP contribution in [0.5, 0.6) is 0 Å². The van der Waals surface area contributed by atoms with Crippen molar-refractivity contribution in [1.29, 1.82) is 0 Å². The Morgan fingerprint density at radius 2 is 1.94 bits per heavy atom. The number of carbonyl (C=O) groups excluding carboxylic acids is 1. The Labute approximate surface area is 194 Å². The molecule has 0 unspecified atom stereocenters. The molecule has 1 aromatic heterocycles. The fraction of sp³-hybridized carbons (Fsp3) is 0.625. The molecule has 1 aliphatic carbocycles. The molecule has 2 heterocycles. The van der Waals surface area contributed by atoms with Crippen LogP contribution in [0.25, 0.3) is 11.4 Å². The molecular formula is C24H33ClN4O3. The van der Waals surface area contributed by atoms with E-state index in [1.165, 1.54) is 32.1 Å². The van der Waals surface area contributed by atoms with Crippen LogP contribution in [-0.2, 0) is 16.1 Å². The summed E-state index contributed by atoms with van der Waals surface area (Å²) in [7, 11) is 0. The van der Waals surface area contributed by atoms with Crippen LogP contribution in [0, 0.1) is 5.92 Å². The van der Waals surface area contributed by atoms with Gasteiger partial charge < -0.3 is 14.6 Å². The Balaban J connectivity index is 1.13. The van der Waals surface area contributed by atoms with E-state index in [0.717, 1.165) is 44.5 Å². The number of carbonyl (C=O) groups is 1. The third-order valence-corrected chi connectivity index (χ3v) is 6.76. The summed E-state index contributed by atoms with van der Waals surface area (Å²) in [5, 5.41) is 7.76. The molecule has 0 spiro atoms. The normalized spacial score (nSPS) is 18.7. The second-order valence-corrected chi connectivity index (χ2v) is 9.22. The first kappa shape index (κ1) is 23.2. The molecule has 2 aliphatic rings. The number of aromatic nitrogens is 2. The van der Waals surface area contributed by atoms with Crippen molar-refractivity contribution in [2.45, 2.75) is 64.0 Å². The second-order valence-electron chi connectivity index (χ2n) is 8.82. The van der Waals surface area contributed by atoms with Gasteiger partial charge in [0.05, 0.1) is 17.7 Å². The van der Waals surface area contributed by atoms with E-state index in [2.05, 4.69) is 20.4 Å². The third kappa shape index (κ3) is 6.53. The minimum atomic E-state index is 0.0758. The van der Waals surface area contributed by atoms with Crippen molar-refractivity contribution in [3.05, 3.63) is 35.2 Å². The summed E-state index contributed by atoms with van der Waals surface area (Å²) in [5.74, 6) is 1.32. The molecule has 2 aromatic rings. The van der Waals surface area contributed by atoms with Crippen LogP contribution >= 0.6 is 11.6 Å². The molecule has 1 saturated heterocycles. The first-order valence-electron chi connectivity index (χ1n) is 11.9. The number of nitrogens with one attached hydrogen (secondary N) is 1. The molecule has 1 N–H and O–H groups in total. The van der Waals surface area contributed by atoms with E-state index in [0.29, 0.717) is 35.9 Å². The molecule has 7 nitrogen and oxygen atoms in total. The van der Waals surface area contributed by atoms with Crippen LogP contribution in [0.4, 0.5) is 0 Å². The van der Waals surface area contributed by atoms with Crippen LogP contribution in [0.1, 0.15) is 57.3 Å². The zero-order valence-electron chi connectivity index (χ0n) is 18.6. The van der Waals surface area contributed by atoms with Crippen molar-refractivity contribution in [2.75, 3.05) is 26.2 Å². The minimum Gasteiger partial charge on any atom is -0.378 e. The maximum absolute atomic E-state index is 12.5. The highest BCUT2D eigenvalue weighted by Gasteiger charge is 2.26. The number of piperidine rings is 1. The Bertz CT molecular complexity index is 860. The molecule has 32 heavy (non-hydrogen) atoms. The highest BCUT2D eigenvalue weighted by molar-refractivity contribution is 6.33. The summed E-state index contributed by atoms with van der Waals surface area (Å²) in [6.07, 6.45) is 9.30. The largest absolute Gasteiger partial charge is 0.378 e. The standard InChI is InChI=1S/C24H33ClN4O3/c25-21-10-5-4-9-20(21)23-27-22(32-28-23)17-29-14-11-18(12-15-29)24(30)26-13-6-16-31-19-7-2-1-3-8-19/h4-5,9-10,18-19H,1-3,6-8,11-17H2,(H,26,30). The predicted molar refractivity (Wildman–Crippen MR) is 123 cm³/mol. The Morgan fingerprint density at radius 3 is 2.72 bits per heavy atom. The van der Waals surface area contributed by atoms with E-state index in [4.69, 9.17) is 20.9 Å². The molecule has 0 bridgehead atoms. The summed E-state index contributed by atoms with van der Waals surface area (Å²) < 4.78 is 11.4. The van der Waals surface area contributed by atoms with Gasteiger partial charge in [-0.05, 0) is 57.3 Å². The molecular weight excluding hydrogens is 428 g/mol. The van der Waals surface area contributed by atoms with Crippen LogP contribution in [0.2, 0.25) is 5.02 Å². The number of hydrogen-bond donors (Lipinski definition) is 1.